The van der Waals surface area contributed by atoms with Gasteiger partial charge in [-0.05, 0) is 47.6 Å². The molecule has 3 aliphatic rings. The van der Waals surface area contributed by atoms with Crippen LogP contribution in [0.2, 0.25) is 0 Å². The van der Waals surface area contributed by atoms with Gasteiger partial charge in [0, 0.05) is 5.92 Å². The van der Waals surface area contributed by atoms with Gasteiger partial charge in [-0.1, -0.05) is 54.8 Å². The number of fused-ring (bicyclic) bond motifs is 5. The largest absolute Gasteiger partial charge is 0.0616 e. The third-order valence-corrected chi connectivity index (χ3v) is 4.38. The first-order chi connectivity index (χ1) is 8.93. The fourth-order valence-electron chi connectivity index (χ4n) is 3.46. The summed E-state index contributed by atoms with van der Waals surface area (Å²) in [6.07, 6.45) is 13.7. The van der Waals surface area contributed by atoms with Crippen molar-refractivity contribution in [2.24, 2.45) is 0 Å². The Morgan fingerprint density at radius 1 is 0.778 bits per heavy atom. The fourth-order valence-corrected chi connectivity index (χ4v) is 3.46. The van der Waals surface area contributed by atoms with Crippen molar-refractivity contribution >= 4 is 11.6 Å². The second-order valence-corrected chi connectivity index (χ2v) is 5.46. The fraction of sp³-hybridized carbons (Fsp3) is 0.278. The van der Waals surface area contributed by atoms with E-state index in [-0.39, 0.29) is 0 Å². The lowest BCUT2D eigenvalue weighted by atomic mass is 9.80. The lowest BCUT2D eigenvalue weighted by Gasteiger charge is -2.23. The molecular weight excluding hydrogens is 216 g/mol. The zero-order chi connectivity index (χ0) is 11.9. The molecular formula is C18H17. The van der Waals surface area contributed by atoms with Gasteiger partial charge in [-0.2, -0.15) is 0 Å². The topological polar surface area (TPSA) is 0 Å². The van der Waals surface area contributed by atoms with Crippen molar-refractivity contribution in [3.63, 3.8) is 0 Å². The highest BCUT2D eigenvalue weighted by Gasteiger charge is 2.30. The molecule has 0 aliphatic heterocycles. The summed E-state index contributed by atoms with van der Waals surface area (Å²) in [5.74, 6) is 1.63. The highest BCUT2D eigenvalue weighted by molar-refractivity contribution is 6.00. The van der Waals surface area contributed by atoms with E-state index < -0.39 is 0 Å². The molecule has 18 heavy (non-hydrogen) atoms. The second kappa shape index (κ2) is 3.98. The first-order valence-corrected chi connectivity index (χ1v) is 7.02. The van der Waals surface area contributed by atoms with Crippen LogP contribution in [0.15, 0.2) is 47.6 Å². The number of rotatable bonds is 0. The third kappa shape index (κ3) is 1.45. The normalized spacial score (nSPS) is 22.1. The van der Waals surface area contributed by atoms with Gasteiger partial charge in [0.1, 0.15) is 0 Å². The second-order valence-electron chi connectivity index (χ2n) is 5.46. The molecule has 0 atom stereocenters. The van der Waals surface area contributed by atoms with Gasteiger partial charge in [0.15, 0.2) is 0 Å². The Morgan fingerprint density at radius 3 is 2.67 bits per heavy atom. The van der Waals surface area contributed by atoms with Crippen molar-refractivity contribution in [1.82, 2.24) is 0 Å². The molecule has 0 aromatic heterocycles. The maximum Gasteiger partial charge on any atom is 0.0305 e. The van der Waals surface area contributed by atoms with Crippen molar-refractivity contribution in [2.45, 2.75) is 32.1 Å². The Morgan fingerprint density at radius 2 is 1.67 bits per heavy atom. The van der Waals surface area contributed by atoms with Crippen LogP contribution in [0.1, 0.15) is 43.2 Å². The first-order valence-electron chi connectivity index (χ1n) is 7.02. The van der Waals surface area contributed by atoms with Crippen molar-refractivity contribution in [3.8, 4) is 0 Å². The van der Waals surface area contributed by atoms with Crippen LogP contribution in [0.25, 0.3) is 11.6 Å². The predicted octanol–water partition coefficient (Wildman–Crippen LogP) is 4.95. The summed E-state index contributed by atoms with van der Waals surface area (Å²) >= 11 is 0. The zero-order valence-corrected chi connectivity index (χ0v) is 10.6. The van der Waals surface area contributed by atoms with E-state index in [0.29, 0.717) is 0 Å². The van der Waals surface area contributed by atoms with Crippen LogP contribution in [0.4, 0.5) is 0 Å². The quantitative estimate of drug-likeness (QED) is 0.595. The predicted molar refractivity (Wildman–Crippen MR) is 76.8 cm³/mol. The maximum atomic E-state index is 2.40. The van der Waals surface area contributed by atoms with Crippen LogP contribution in [0, 0.1) is 5.92 Å². The van der Waals surface area contributed by atoms with Crippen molar-refractivity contribution in [1.29, 1.82) is 0 Å². The molecule has 0 amide bonds. The summed E-state index contributed by atoms with van der Waals surface area (Å²) in [5.41, 5.74) is 7.36. The van der Waals surface area contributed by atoms with E-state index in [1.807, 2.05) is 0 Å². The molecule has 0 unspecified atom stereocenters. The van der Waals surface area contributed by atoms with Gasteiger partial charge < -0.3 is 0 Å². The van der Waals surface area contributed by atoms with E-state index in [2.05, 4.69) is 42.5 Å². The Bertz CT molecular complexity index is 584. The molecule has 1 fully saturated rings. The van der Waals surface area contributed by atoms with Gasteiger partial charge >= 0.3 is 0 Å². The molecule has 1 saturated carbocycles. The van der Waals surface area contributed by atoms with Gasteiger partial charge in [0.05, 0.1) is 0 Å². The van der Waals surface area contributed by atoms with E-state index >= 15 is 0 Å². The molecule has 0 heteroatoms. The molecule has 0 spiro atoms. The monoisotopic (exact) mass is 233 g/mol. The molecule has 0 saturated heterocycles. The third-order valence-electron chi connectivity index (χ3n) is 4.38. The average molecular weight is 233 g/mol. The Labute approximate surface area is 109 Å². The summed E-state index contributed by atoms with van der Waals surface area (Å²) in [7, 11) is 0. The Hall–Kier alpha value is -1.56. The van der Waals surface area contributed by atoms with E-state index in [0.717, 1.165) is 0 Å². The molecule has 3 aliphatic carbocycles. The summed E-state index contributed by atoms with van der Waals surface area (Å²) in [5, 5.41) is 0. The zero-order valence-electron chi connectivity index (χ0n) is 10.6. The van der Waals surface area contributed by atoms with Crippen LogP contribution in [0.5, 0.6) is 0 Å². The van der Waals surface area contributed by atoms with Gasteiger partial charge in [-0.3, -0.25) is 0 Å². The molecule has 0 bridgehead atoms. The van der Waals surface area contributed by atoms with E-state index in [1.165, 1.54) is 54.4 Å². The number of hydrogen-bond donors (Lipinski definition) is 0. The summed E-state index contributed by atoms with van der Waals surface area (Å²) in [6, 6.07) is 8.77. The summed E-state index contributed by atoms with van der Waals surface area (Å²) in [4.78, 5) is 0. The van der Waals surface area contributed by atoms with Gasteiger partial charge in [0.2, 0.25) is 0 Å². The standard InChI is InChI=1S/C18H17/c1-2-6-13-10-11-17-16-9-5-4-7-14(16)12-18(17)15(13)8-3-1/h4-5,7,9-12H,1-3,6,8H2. The minimum absolute atomic E-state index is 1.27. The Balaban J connectivity index is 1.83. The number of allylic oxidation sites excluding steroid dienone is 5. The summed E-state index contributed by atoms with van der Waals surface area (Å²) < 4.78 is 0. The van der Waals surface area contributed by atoms with E-state index in [1.54, 1.807) is 11.5 Å². The van der Waals surface area contributed by atoms with Crippen LogP contribution in [-0.2, 0) is 0 Å². The maximum absolute atomic E-state index is 2.40. The van der Waals surface area contributed by atoms with Gasteiger partial charge in [-0.15, -0.1) is 0 Å². The van der Waals surface area contributed by atoms with Crippen LogP contribution < -0.4 is 0 Å². The lowest BCUT2D eigenvalue weighted by molar-refractivity contribution is 0.713. The van der Waals surface area contributed by atoms with Crippen molar-refractivity contribution < 1.29 is 0 Å². The molecule has 0 heterocycles. The molecule has 0 N–H and O–H groups in total. The van der Waals surface area contributed by atoms with Crippen LogP contribution >= 0.6 is 0 Å². The molecule has 0 nitrogen and oxygen atoms in total. The van der Waals surface area contributed by atoms with Gasteiger partial charge in [0.25, 0.3) is 0 Å². The molecule has 1 aromatic rings. The highest BCUT2D eigenvalue weighted by atomic mass is 14.3. The van der Waals surface area contributed by atoms with E-state index in [4.69, 9.17) is 0 Å². The van der Waals surface area contributed by atoms with Crippen LogP contribution in [0.3, 0.4) is 0 Å². The lowest BCUT2D eigenvalue weighted by Crippen LogP contribution is -2.07. The summed E-state index contributed by atoms with van der Waals surface area (Å²) in [6.45, 7) is 0. The number of hydrogen-bond acceptors (Lipinski definition) is 0. The molecule has 89 valence electrons. The minimum atomic E-state index is 1.27. The van der Waals surface area contributed by atoms with Crippen molar-refractivity contribution in [2.75, 3.05) is 0 Å². The van der Waals surface area contributed by atoms with Crippen LogP contribution in [-0.4, -0.2) is 0 Å². The number of benzene rings is 1. The van der Waals surface area contributed by atoms with E-state index in [9.17, 15) is 0 Å². The van der Waals surface area contributed by atoms with Gasteiger partial charge in [-0.25, -0.2) is 0 Å². The smallest absolute Gasteiger partial charge is 0.0305 e. The first kappa shape index (κ1) is 10.4. The molecule has 1 aromatic carbocycles. The SMILES string of the molecule is C1=C2CCCCC[C]2C2=Cc3ccccc3C2=C1. The molecule has 1 radical (unpaired) electrons. The van der Waals surface area contributed by atoms with Crippen molar-refractivity contribution in [3.05, 3.63) is 64.6 Å². The minimum Gasteiger partial charge on any atom is -0.0616 e. The highest BCUT2D eigenvalue weighted by Crippen LogP contribution is 2.48. The molecule has 4 rings (SSSR count). The Kier molecular flexibility index (Phi) is 2.29. The average Bonchev–Trinajstić information content (AvgIpc) is 2.62.